The van der Waals surface area contributed by atoms with E-state index in [-0.39, 0.29) is 5.91 Å². The SMILES string of the molecule is CNC(=O)c1ccc(CN(C)CCSc2ccc(C)cc2)cc1. The minimum absolute atomic E-state index is 0.0422. The topological polar surface area (TPSA) is 32.3 Å². The van der Waals surface area contributed by atoms with Crippen LogP contribution in [0.3, 0.4) is 0 Å². The molecule has 0 aliphatic rings. The predicted octanol–water partition coefficient (Wildman–Crippen LogP) is 3.58. The molecule has 0 fully saturated rings. The van der Waals surface area contributed by atoms with Crippen molar-refractivity contribution >= 4 is 17.7 Å². The van der Waals surface area contributed by atoms with Crippen molar-refractivity contribution < 1.29 is 4.79 Å². The van der Waals surface area contributed by atoms with Crippen LogP contribution >= 0.6 is 11.8 Å². The maximum absolute atomic E-state index is 11.5. The third kappa shape index (κ3) is 5.73. The van der Waals surface area contributed by atoms with Gasteiger partial charge in [0.15, 0.2) is 0 Å². The number of carbonyl (C=O) groups excluding carboxylic acids is 1. The molecule has 0 heterocycles. The molecule has 2 aromatic carbocycles. The largest absolute Gasteiger partial charge is 0.355 e. The molecule has 2 aromatic rings. The summed E-state index contributed by atoms with van der Waals surface area (Å²) >= 11 is 1.88. The molecule has 0 unspecified atom stereocenters. The Hall–Kier alpha value is -1.78. The summed E-state index contributed by atoms with van der Waals surface area (Å²) in [4.78, 5) is 15.1. The Balaban J connectivity index is 1.77. The fourth-order valence-electron chi connectivity index (χ4n) is 2.25. The summed E-state index contributed by atoms with van der Waals surface area (Å²) in [5.41, 5.74) is 3.22. The molecule has 1 N–H and O–H groups in total. The van der Waals surface area contributed by atoms with Gasteiger partial charge in [-0.15, -0.1) is 11.8 Å². The molecular weight excluding hydrogens is 304 g/mol. The van der Waals surface area contributed by atoms with Crippen molar-refractivity contribution in [2.24, 2.45) is 0 Å². The van der Waals surface area contributed by atoms with Crippen molar-refractivity contribution in [3.63, 3.8) is 0 Å². The van der Waals surface area contributed by atoms with Crippen LogP contribution in [0.15, 0.2) is 53.4 Å². The van der Waals surface area contributed by atoms with E-state index in [4.69, 9.17) is 0 Å². The van der Waals surface area contributed by atoms with Gasteiger partial charge in [0.1, 0.15) is 0 Å². The number of hydrogen-bond donors (Lipinski definition) is 1. The van der Waals surface area contributed by atoms with Gasteiger partial charge in [0.25, 0.3) is 5.91 Å². The molecule has 122 valence electrons. The van der Waals surface area contributed by atoms with Gasteiger partial charge in [0, 0.05) is 36.3 Å². The number of hydrogen-bond acceptors (Lipinski definition) is 3. The molecule has 0 aliphatic carbocycles. The summed E-state index contributed by atoms with van der Waals surface area (Å²) < 4.78 is 0. The number of nitrogens with zero attached hydrogens (tertiary/aromatic N) is 1. The first-order valence-electron chi connectivity index (χ1n) is 7.77. The zero-order valence-corrected chi connectivity index (χ0v) is 14.8. The first-order valence-corrected chi connectivity index (χ1v) is 8.76. The summed E-state index contributed by atoms with van der Waals surface area (Å²) in [6.45, 7) is 4.02. The van der Waals surface area contributed by atoms with Crippen molar-refractivity contribution in [1.29, 1.82) is 0 Å². The molecule has 0 spiro atoms. The average Bonchev–Trinajstić information content (AvgIpc) is 2.56. The fraction of sp³-hybridized carbons (Fsp3) is 0.316. The third-order valence-electron chi connectivity index (χ3n) is 3.66. The number of amides is 1. The average molecular weight is 328 g/mol. The van der Waals surface area contributed by atoms with E-state index < -0.39 is 0 Å². The van der Waals surface area contributed by atoms with Crippen LogP contribution in [-0.2, 0) is 6.54 Å². The lowest BCUT2D eigenvalue weighted by atomic mass is 10.1. The minimum Gasteiger partial charge on any atom is -0.355 e. The second-order valence-corrected chi connectivity index (χ2v) is 6.84. The normalized spacial score (nSPS) is 10.8. The van der Waals surface area contributed by atoms with Gasteiger partial charge < -0.3 is 10.2 Å². The molecule has 0 aromatic heterocycles. The summed E-state index contributed by atoms with van der Waals surface area (Å²) in [5, 5.41) is 2.64. The molecule has 3 nitrogen and oxygen atoms in total. The number of nitrogens with one attached hydrogen (secondary N) is 1. The lowest BCUT2D eigenvalue weighted by Gasteiger charge is -2.16. The van der Waals surface area contributed by atoms with Crippen LogP contribution < -0.4 is 5.32 Å². The number of benzene rings is 2. The molecule has 4 heteroatoms. The summed E-state index contributed by atoms with van der Waals surface area (Å²) in [5.74, 6) is 1.02. The van der Waals surface area contributed by atoms with Gasteiger partial charge in [0.2, 0.25) is 0 Å². The molecule has 0 aliphatic heterocycles. The fourth-order valence-corrected chi connectivity index (χ4v) is 3.22. The Labute approximate surface area is 143 Å². The molecule has 0 saturated carbocycles. The molecule has 23 heavy (non-hydrogen) atoms. The number of carbonyl (C=O) groups is 1. The smallest absolute Gasteiger partial charge is 0.251 e. The van der Waals surface area contributed by atoms with Gasteiger partial charge in [-0.1, -0.05) is 29.8 Å². The highest BCUT2D eigenvalue weighted by molar-refractivity contribution is 7.99. The van der Waals surface area contributed by atoms with Crippen molar-refractivity contribution in [2.45, 2.75) is 18.4 Å². The molecule has 1 amide bonds. The maximum Gasteiger partial charge on any atom is 0.251 e. The quantitative estimate of drug-likeness (QED) is 0.789. The second kappa shape index (κ2) is 8.75. The van der Waals surface area contributed by atoms with Crippen LogP contribution in [0.2, 0.25) is 0 Å². The standard InChI is InChI=1S/C19H24N2OS/c1-15-4-10-18(11-5-15)23-13-12-21(3)14-16-6-8-17(9-7-16)19(22)20-2/h4-11H,12-14H2,1-3H3,(H,20,22). The van der Waals surface area contributed by atoms with Crippen LogP contribution in [0.1, 0.15) is 21.5 Å². The van der Waals surface area contributed by atoms with E-state index in [2.05, 4.69) is 48.5 Å². The first kappa shape index (κ1) is 17.6. The Morgan fingerprint density at radius 1 is 1.09 bits per heavy atom. The Morgan fingerprint density at radius 2 is 1.74 bits per heavy atom. The molecule has 0 saturated heterocycles. The highest BCUT2D eigenvalue weighted by Crippen LogP contribution is 2.18. The molecule has 0 radical (unpaired) electrons. The summed E-state index contributed by atoms with van der Waals surface area (Å²) in [6.07, 6.45) is 0. The molecular formula is C19H24N2OS. The highest BCUT2D eigenvalue weighted by Gasteiger charge is 2.04. The van der Waals surface area contributed by atoms with Crippen LogP contribution in [0, 0.1) is 6.92 Å². The van der Waals surface area contributed by atoms with E-state index in [0.717, 1.165) is 18.8 Å². The van der Waals surface area contributed by atoms with E-state index in [1.807, 2.05) is 36.0 Å². The predicted molar refractivity (Wildman–Crippen MR) is 98.1 cm³/mol. The molecule has 0 atom stereocenters. The molecule has 0 bridgehead atoms. The van der Waals surface area contributed by atoms with Crippen LogP contribution in [0.5, 0.6) is 0 Å². The van der Waals surface area contributed by atoms with E-state index >= 15 is 0 Å². The van der Waals surface area contributed by atoms with Gasteiger partial charge in [-0.3, -0.25) is 4.79 Å². The van der Waals surface area contributed by atoms with Gasteiger partial charge >= 0.3 is 0 Å². The van der Waals surface area contributed by atoms with Crippen LogP contribution in [-0.4, -0.2) is 37.2 Å². The lowest BCUT2D eigenvalue weighted by molar-refractivity contribution is 0.0963. The monoisotopic (exact) mass is 328 g/mol. The second-order valence-electron chi connectivity index (χ2n) is 5.68. The van der Waals surface area contributed by atoms with Crippen LogP contribution in [0.25, 0.3) is 0 Å². The van der Waals surface area contributed by atoms with Crippen molar-refractivity contribution in [3.8, 4) is 0 Å². The summed E-state index contributed by atoms with van der Waals surface area (Å²) in [7, 11) is 3.78. The maximum atomic E-state index is 11.5. The zero-order chi connectivity index (χ0) is 16.7. The summed E-state index contributed by atoms with van der Waals surface area (Å²) in [6, 6.07) is 16.5. The number of aryl methyl sites for hydroxylation is 1. The van der Waals surface area contributed by atoms with Crippen LogP contribution in [0.4, 0.5) is 0 Å². The third-order valence-corrected chi connectivity index (χ3v) is 4.65. The Kier molecular flexibility index (Phi) is 6.68. The van der Waals surface area contributed by atoms with Crippen molar-refractivity contribution in [1.82, 2.24) is 10.2 Å². The van der Waals surface area contributed by atoms with Crippen molar-refractivity contribution in [3.05, 3.63) is 65.2 Å². The highest BCUT2D eigenvalue weighted by atomic mass is 32.2. The first-order chi connectivity index (χ1) is 11.1. The van der Waals surface area contributed by atoms with E-state index in [9.17, 15) is 4.79 Å². The Bertz CT molecular complexity index is 623. The van der Waals surface area contributed by atoms with Gasteiger partial charge in [-0.2, -0.15) is 0 Å². The van der Waals surface area contributed by atoms with Crippen molar-refractivity contribution in [2.75, 3.05) is 26.4 Å². The van der Waals surface area contributed by atoms with Gasteiger partial charge in [-0.05, 0) is 43.8 Å². The number of thioether (sulfide) groups is 1. The van der Waals surface area contributed by atoms with E-state index in [1.165, 1.54) is 16.0 Å². The van der Waals surface area contributed by atoms with E-state index in [0.29, 0.717) is 5.56 Å². The zero-order valence-electron chi connectivity index (χ0n) is 14.0. The van der Waals surface area contributed by atoms with E-state index in [1.54, 1.807) is 7.05 Å². The van der Waals surface area contributed by atoms with Gasteiger partial charge in [-0.25, -0.2) is 0 Å². The lowest BCUT2D eigenvalue weighted by Crippen LogP contribution is -2.21. The Morgan fingerprint density at radius 3 is 2.35 bits per heavy atom. The number of rotatable bonds is 7. The van der Waals surface area contributed by atoms with Gasteiger partial charge in [0.05, 0.1) is 0 Å². The molecule has 2 rings (SSSR count). The minimum atomic E-state index is -0.0422.